The van der Waals surface area contributed by atoms with Gasteiger partial charge in [-0.1, -0.05) is 0 Å². The van der Waals surface area contributed by atoms with Crippen molar-refractivity contribution in [2.24, 2.45) is 5.92 Å². The number of carbonyl (C=O) groups is 1. The van der Waals surface area contributed by atoms with E-state index in [9.17, 15) is 13.6 Å². The summed E-state index contributed by atoms with van der Waals surface area (Å²) in [4.78, 5) is 15.9. The molecule has 3 nitrogen and oxygen atoms in total. The molecule has 1 unspecified atom stereocenters. The summed E-state index contributed by atoms with van der Waals surface area (Å²) < 4.78 is 25.4. The van der Waals surface area contributed by atoms with Crippen molar-refractivity contribution in [3.8, 4) is 0 Å². The Bertz CT molecular complexity index is 288. The van der Waals surface area contributed by atoms with E-state index in [2.05, 4.69) is 4.90 Å². The summed E-state index contributed by atoms with van der Waals surface area (Å²) in [7, 11) is 2.01. The van der Waals surface area contributed by atoms with Crippen LogP contribution in [0.3, 0.4) is 0 Å². The first kappa shape index (κ1) is 11.8. The van der Waals surface area contributed by atoms with Gasteiger partial charge >= 0.3 is 0 Å². The smallest absolute Gasteiger partial charge is 0.249 e. The van der Waals surface area contributed by atoms with Gasteiger partial charge < -0.3 is 9.80 Å². The number of rotatable bonds is 1. The van der Waals surface area contributed by atoms with Crippen LogP contribution in [0.1, 0.15) is 19.8 Å². The number of nitrogens with zero attached hydrogens (tertiary/aromatic N) is 2. The van der Waals surface area contributed by atoms with Gasteiger partial charge in [0.1, 0.15) is 0 Å². The molecule has 0 aromatic heterocycles. The summed E-state index contributed by atoms with van der Waals surface area (Å²) in [6, 6.07) is 0.139. The van der Waals surface area contributed by atoms with Gasteiger partial charge in [0, 0.05) is 44.4 Å². The zero-order valence-corrected chi connectivity index (χ0v) is 9.75. The second-order valence-corrected chi connectivity index (χ2v) is 5.10. The Morgan fingerprint density at radius 2 is 1.94 bits per heavy atom. The first-order valence-electron chi connectivity index (χ1n) is 5.76. The monoisotopic (exact) mass is 232 g/mol. The molecule has 2 fully saturated rings. The van der Waals surface area contributed by atoms with Crippen LogP contribution in [0.5, 0.6) is 0 Å². The van der Waals surface area contributed by atoms with Gasteiger partial charge in [0.05, 0.1) is 0 Å². The van der Waals surface area contributed by atoms with Gasteiger partial charge in [0.25, 0.3) is 0 Å². The Morgan fingerprint density at radius 1 is 1.31 bits per heavy atom. The lowest BCUT2D eigenvalue weighted by Gasteiger charge is -2.43. The van der Waals surface area contributed by atoms with Crippen LogP contribution in [0.25, 0.3) is 0 Å². The van der Waals surface area contributed by atoms with Crippen LogP contribution in [0.4, 0.5) is 8.78 Å². The van der Waals surface area contributed by atoms with Gasteiger partial charge in [0.2, 0.25) is 11.8 Å². The highest BCUT2D eigenvalue weighted by atomic mass is 19.3. The maximum absolute atomic E-state index is 12.7. The molecule has 1 heterocycles. The number of piperazine rings is 1. The topological polar surface area (TPSA) is 23.6 Å². The highest BCUT2D eigenvalue weighted by Crippen LogP contribution is 2.43. The zero-order chi connectivity index (χ0) is 11.9. The molecule has 0 aromatic carbocycles. The van der Waals surface area contributed by atoms with Crippen molar-refractivity contribution in [2.75, 3.05) is 26.7 Å². The summed E-state index contributed by atoms with van der Waals surface area (Å²) >= 11 is 0. The van der Waals surface area contributed by atoms with Crippen LogP contribution in [-0.4, -0.2) is 54.4 Å². The number of carbonyl (C=O) groups excluding carboxylic acids is 1. The highest BCUT2D eigenvalue weighted by molar-refractivity contribution is 5.80. The molecule has 0 aromatic rings. The number of halogens is 2. The summed E-state index contributed by atoms with van der Waals surface area (Å²) in [5.74, 6) is -3.12. The summed E-state index contributed by atoms with van der Waals surface area (Å²) in [5, 5.41) is 0. The van der Waals surface area contributed by atoms with Crippen LogP contribution < -0.4 is 0 Å². The Balaban J connectivity index is 1.91. The molecule has 0 spiro atoms. The number of alkyl halides is 2. The van der Waals surface area contributed by atoms with E-state index in [1.165, 1.54) is 0 Å². The van der Waals surface area contributed by atoms with E-state index >= 15 is 0 Å². The van der Waals surface area contributed by atoms with Crippen LogP contribution >= 0.6 is 0 Å². The molecular weight excluding hydrogens is 214 g/mol. The van der Waals surface area contributed by atoms with Crippen molar-refractivity contribution >= 4 is 5.91 Å². The van der Waals surface area contributed by atoms with Gasteiger partial charge in [-0.15, -0.1) is 0 Å². The third-order valence-electron chi connectivity index (χ3n) is 3.55. The third-order valence-corrected chi connectivity index (χ3v) is 3.55. The Labute approximate surface area is 94.4 Å². The van der Waals surface area contributed by atoms with Crippen molar-refractivity contribution in [1.29, 1.82) is 0 Å². The van der Waals surface area contributed by atoms with Gasteiger partial charge in [-0.05, 0) is 14.0 Å². The molecule has 1 amide bonds. The van der Waals surface area contributed by atoms with Crippen molar-refractivity contribution < 1.29 is 13.6 Å². The van der Waals surface area contributed by atoms with Gasteiger partial charge in [0.15, 0.2) is 0 Å². The molecule has 1 atom stereocenters. The minimum absolute atomic E-state index is 0.0773. The zero-order valence-electron chi connectivity index (χ0n) is 9.75. The highest BCUT2D eigenvalue weighted by Gasteiger charge is 2.50. The maximum atomic E-state index is 12.7. The van der Waals surface area contributed by atoms with Crippen LogP contribution in [0.15, 0.2) is 0 Å². The SMILES string of the molecule is CC1CN(C)CCN1C(=O)C1CC(F)(F)C1. The first-order chi connectivity index (χ1) is 7.39. The van der Waals surface area contributed by atoms with Crippen LogP contribution in [-0.2, 0) is 4.79 Å². The molecule has 1 saturated carbocycles. The molecule has 2 rings (SSSR count). The average Bonchev–Trinajstić information content (AvgIpc) is 2.13. The van der Waals surface area contributed by atoms with E-state index < -0.39 is 11.8 Å². The predicted molar refractivity (Wildman–Crippen MR) is 56.3 cm³/mol. The van der Waals surface area contributed by atoms with Crippen molar-refractivity contribution in [2.45, 2.75) is 31.7 Å². The second kappa shape index (κ2) is 3.95. The number of hydrogen-bond donors (Lipinski definition) is 0. The molecule has 92 valence electrons. The Hall–Kier alpha value is -0.710. The molecule has 0 bridgehead atoms. The van der Waals surface area contributed by atoms with E-state index in [-0.39, 0.29) is 24.8 Å². The fourth-order valence-corrected chi connectivity index (χ4v) is 2.54. The van der Waals surface area contributed by atoms with E-state index in [1.807, 2.05) is 14.0 Å². The van der Waals surface area contributed by atoms with E-state index in [0.29, 0.717) is 6.54 Å². The Kier molecular flexibility index (Phi) is 2.90. The normalized spacial score (nSPS) is 31.2. The van der Waals surface area contributed by atoms with Crippen molar-refractivity contribution in [3.63, 3.8) is 0 Å². The molecule has 2 aliphatic rings. The summed E-state index contributed by atoms with van der Waals surface area (Å²) in [6.07, 6.45) is -0.518. The standard InChI is InChI=1S/C11H18F2N2O/c1-8-7-14(2)3-4-15(8)10(16)9-5-11(12,13)6-9/h8-9H,3-7H2,1-2H3. The number of likely N-dealkylation sites (N-methyl/N-ethyl adjacent to an activating group) is 1. The van der Waals surface area contributed by atoms with E-state index in [1.54, 1.807) is 4.90 Å². The molecule has 0 N–H and O–H groups in total. The fraction of sp³-hybridized carbons (Fsp3) is 0.909. The lowest BCUT2D eigenvalue weighted by molar-refractivity contribution is -0.163. The van der Waals surface area contributed by atoms with Crippen molar-refractivity contribution in [1.82, 2.24) is 9.80 Å². The minimum atomic E-state index is -2.60. The molecule has 0 radical (unpaired) electrons. The van der Waals surface area contributed by atoms with E-state index in [0.717, 1.165) is 13.1 Å². The van der Waals surface area contributed by atoms with Gasteiger partial charge in [-0.2, -0.15) is 0 Å². The maximum Gasteiger partial charge on any atom is 0.249 e. The molecule has 16 heavy (non-hydrogen) atoms. The van der Waals surface area contributed by atoms with Crippen molar-refractivity contribution in [3.05, 3.63) is 0 Å². The molecular formula is C11H18F2N2O. The molecule has 5 heteroatoms. The lowest BCUT2D eigenvalue weighted by atomic mass is 9.80. The van der Waals surface area contributed by atoms with Crippen LogP contribution in [0, 0.1) is 5.92 Å². The predicted octanol–water partition coefficient (Wildman–Crippen LogP) is 1.19. The van der Waals surface area contributed by atoms with Gasteiger partial charge in [-0.25, -0.2) is 8.78 Å². The minimum Gasteiger partial charge on any atom is -0.337 e. The summed E-state index contributed by atoms with van der Waals surface area (Å²) in [5.41, 5.74) is 0. The number of amides is 1. The van der Waals surface area contributed by atoms with E-state index in [4.69, 9.17) is 0 Å². The second-order valence-electron chi connectivity index (χ2n) is 5.10. The first-order valence-corrected chi connectivity index (χ1v) is 5.76. The summed E-state index contributed by atoms with van der Waals surface area (Å²) in [6.45, 7) is 4.30. The largest absolute Gasteiger partial charge is 0.337 e. The average molecular weight is 232 g/mol. The molecule has 1 aliphatic heterocycles. The lowest BCUT2D eigenvalue weighted by Crippen LogP contribution is -2.56. The number of hydrogen-bond acceptors (Lipinski definition) is 2. The third kappa shape index (κ3) is 2.19. The van der Waals surface area contributed by atoms with Crippen LogP contribution in [0.2, 0.25) is 0 Å². The van der Waals surface area contributed by atoms with Gasteiger partial charge in [-0.3, -0.25) is 4.79 Å². The quantitative estimate of drug-likeness (QED) is 0.678. The molecule has 1 saturated heterocycles. The Morgan fingerprint density at radius 3 is 2.44 bits per heavy atom. The molecule has 1 aliphatic carbocycles. The fourth-order valence-electron chi connectivity index (χ4n) is 2.54.